The Hall–Kier alpha value is -2.75. The molecule has 0 aliphatic carbocycles. The number of amides is 1. The van der Waals surface area contributed by atoms with E-state index in [9.17, 15) is 4.79 Å². The second-order valence-electron chi connectivity index (χ2n) is 6.16. The number of benzene rings is 2. The van der Waals surface area contributed by atoms with Gasteiger partial charge in [-0.25, -0.2) is 4.98 Å². The summed E-state index contributed by atoms with van der Waals surface area (Å²) in [5.74, 6) is 0.961. The average molecular weight is 430 g/mol. The molecule has 29 heavy (non-hydrogen) atoms. The first-order valence-corrected chi connectivity index (χ1v) is 10.5. The predicted molar refractivity (Wildman–Crippen MR) is 114 cm³/mol. The average Bonchev–Trinajstić information content (AvgIpc) is 3.34. The summed E-state index contributed by atoms with van der Waals surface area (Å²) in [5.41, 5.74) is 4.09. The number of methoxy groups -OCH3 is 3. The first kappa shape index (κ1) is 19.6. The lowest BCUT2D eigenvalue weighted by Crippen LogP contribution is -2.19. The summed E-state index contributed by atoms with van der Waals surface area (Å²) in [5, 5.41) is 0. The van der Waals surface area contributed by atoms with Gasteiger partial charge in [0.25, 0.3) is 5.91 Å². The Bertz CT molecular complexity index is 1260. The molecule has 0 N–H and O–H groups in total. The van der Waals surface area contributed by atoms with Gasteiger partial charge in [-0.3, -0.25) is 4.79 Å². The van der Waals surface area contributed by atoms with Gasteiger partial charge in [0.2, 0.25) is 0 Å². The summed E-state index contributed by atoms with van der Waals surface area (Å²) in [4.78, 5) is 22.1. The maximum atomic E-state index is 12.9. The number of carbonyl (C=O) groups excluding carboxylic acids is 1. The van der Waals surface area contributed by atoms with E-state index in [1.165, 1.54) is 22.7 Å². The van der Waals surface area contributed by atoms with E-state index in [4.69, 9.17) is 14.2 Å². The molecule has 0 saturated heterocycles. The molecule has 0 atom stereocenters. The zero-order valence-electron chi connectivity index (χ0n) is 16.2. The maximum absolute atomic E-state index is 12.9. The smallest absolute Gasteiger partial charge is 0.279 e. The first-order chi connectivity index (χ1) is 14.1. The quantitative estimate of drug-likeness (QED) is 0.467. The van der Waals surface area contributed by atoms with E-state index < -0.39 is 0 Å². The van der Waals surface area contributed by atoms with Crippen molar-refractivity contribution in [2.75, 3.05) is 27.9 Å². The van der Waals surface area contributed by atoms with E-state index in [0.29, 0.717) is 35.0 Å². The Morgan fingerprint density at radius 3 is 2.66 bits per heavy atom. The molecule has 7 nitrogen and oxygen atoms in total. The second-order valence-corrected chi connectivity index (χ2v) is 8.05. The van der Waals surface area contributed by atoms with Crippen LogP contribution >= 0.6 is 22.7 Å². The summed E-state index contributed by atoms with van der Waals surface area (Å²) < 4.78 is 20.0. The molecule has 9 heteroatoms. The third kappa shape index (κ3) is 3.76. The Morgan fingerprint density at radius 2 is 1.90 bits per heavy atom. The third-order valence-corrected chi connectivity index (χ3v) is 6.32. The van der Waals surface area contributed by atoms with E-state index in [-0.39, 0.29) is 5.91 Å². The lowest BCUT2D eigenvalue weighted by molar-refractivity contribution is 0.0997. The third-order valence-electron chi connectivity index (χ3n) is 4.48. The van der Waals surface area contributed by atoms with Crippen molar-refractivity contribution in [1.29, 1.82) is 0 Å². The van der Waals surface area contributed by atoms with Crippen LogP contribution in [0.25, 0.3) is 20.4 Å². The van der Waals surface area contributed by atoms with Crippen LogP contribution in [-0.2, 0) is 11.3 Å². The number of ether oxygens (including phenoxy) is 3. The van der Waals surface area contributed by atoms with Crippen LogP contribution in [0.1, 0.15) is 10.4 Å². The molecule has 1 amide bonds. The van der Waals surface area contributed by atoms with Crippen molar-refractivity contribution in [1.82, 2.24) is 9.55 Å². The summed E-state index contributed by atoms with van der Waals surface area (Å²) in [6, 6.07) is 9.22. The standard InChI is InChI=1S/C20H19N3O4S2/c1-25-7-6-23-14-9-15(26-2)16(27-3)10-18(14)29-20(23)22-19(24)12-4-5-13-17(8-12)28-11-21-13/h4-5,8-11H,6-7H2,1-3H3. The highest BCUT2D eigenvalue weighted by Crippen LogP contribution is 2.33. The van der Waals surface area contributed by atoms with Crippen LogP contribution in [0.2, 0.25) is 0 Å². The van der Waals surface area contributed by atoms with Gasteiger partial charge >= 0.3 is 0 Å². The number of hydrogen-bond donors (Lipinski definition) is 0. The van der Waals surface area contributed by atoms with Gasteiger partial charge in [0, 0.05) is 31.4 Å². The lowest BCUT2D eigenvalue weighted by atomic mass is 10.2. The minimum absolute atomic E-state index is 0.294. The van der Waals surface area contributed by atoms with Crippen LogP contribution in [-0.4, -0.2) is 43.4 Å². The van der Waals surface area contributed by atoms with Crippen molar-refractivity contribution in [2.45, 2.75) is 6.54 Å². The van der Waals surface area contributed by atoms with Gasteiger partial charge in [-0.2, -0.15) is 4.99 Å². The molecule has 0 fully saturated rings. The van der Waals surface area contributed by atoms with Gasteiger partial charge in [0.15, 0.2) is 16.3 Å². The van der Waals surface area contributed by atoms with Crippen molar-refractivity contribution < 1.29 is 19.0 Å². The predicted octanol–water partition coefficient (Wildman–Crippen LogP) is 3.72. The highest BCUT2D eigenvalue weighted by Gasteiger charge is 2.14. The van der Waals surface area contributed by atoms with Crippen LogP contribution in [0, 0.1) is 0 Å². The Morgan fingerprint density at radius 1 is 1.10 bits per heavy atom. The molecule has 2 aromatic heterocycles. The van der Waals surface area contributed by atoms with Crippen LogP contribution in [0.3, 0.4) is 0 Å². The van der Waals surface area contributed by atoms with E-state index in [2.05, 4.69) is 9.98 Å². The Kier molecular flexibility index (Phi) is 5.61. The van der Waals surface area contributed by atoms with E-state index >= 15 is 0 Å². The monoisotopic (exact) mass is 429 g/mol. The summed E-state index contributed by atoms with van der Waals surface area (Å²) >= 11 is 2.93. The number of carbonyl (C=O) groups is 1. The molecular formula is C20H19N3O4S2. The normalized spacial score (nSPS) is 12.0. The van der Waals surface area contributed by atoms with Crippen LogP contribution in [0.5, 0.6) is 11.5 Å². The zero-order valence-corrected chi connectivity index (χ0v) is 17.8. The van der Waals surface area contributed by atoms with Crippen molar-refractivity contribution >= 4 is 49.0 Å². The molecule has 0 unspecified atom stereocenters. The van der Waals surface area contributed by atoms with Crippen LogP contribution in [0.15, 0.2) is 40.8 Å². The van der Waals surface area contributed by atoms with E-state index in [1.54, 1.807) is 32.9 Å². The molecule has 0 radical (unpaired) electrons. The van der Waals surface area contributed by atoms with Gasteiger partial charge in [0.05, 0.1) is 46.8 Å². The number of nitrogens with zero attached hydrogens (tertiary/aromatic N) is 3. The van der Waals surface area contributed by atoms with Crippen molar-refractivity contribution in [2.24, 2.45) is 4.99 Å². The van der Waals surface area contributed by atoms with E-state index in [0.717, 1.165) is 20.4 Å². The molecule has 0 saturated carbocycles. The highest BCUT2D eigenvalue weighted by molar-refractivity contribution is 7.17. The van der Waals surface area contributed by atoms with Crippen molar-refractivity contribution in [3.8, 4) is 11.5 Å². The number of fused-ring (bicyclic) bond motifs is 2. The fourth-order valence-electron chi connectivity index (χ4n) is 3.02. The van der Waals surface area contributed by atoms with E-state index in [1.807, 2.05) is 28.8 Å². The van der Waals surface area contributed by atoms with Gasteiger partial charge in [-0.15, -0.1) is 11.3 Å². The lowest BCUT2D eigenvalue weighted by Gasteiger charge is -2.09. The molecular weight excluding hydrogens is 410 g/mol. The molecule has 2 heterocycles. The SMILES string of the molecule is COCCn1c(=NC(=O)c2ccc3ncsc3c2)sc2cc(OC)c(OC)cc21. The minimum Gasteiger partial charge on any atom is -0.493 e. The molecule has 0 aliphatic rings. The van der Waals surface area contributed by atoms with Gasteiger partial charge in [0.1, 0.15) is 0 Å². The largest absolute Gasteiger partial charge is 0.493 e. The first-order valence-electron chi connectivity index (χ1n) is 8.81. The Balaban J connectivity index is 1.84. The fourth-order valence-corrected chi connectivity index (χ4v) is 4.80. The minimum atomic E-state index is -0.294. The maximum Gasteiger partial charge on any atom is 0.279 e. The number of aromatic nitrogens is 2. The molecule has 4 rings (SSSR count). The number of thiazole rings is 2. The topological polar surface area (TPSA) is 74.9 Å². The summed E-state index contributed by atoms with van der Waals surface area (Å²) in [6.07, 6.45) is 0. The van der Waals surface area contributed by atoms with Gasteiger partial charge < -0.3 is 18.8 Å². The van der Waals surface area contributed by atoms with Crippen molar-refractivity contribution in [3.05, 3.63) is 46.2 Å². The second kappa shape index (κ2) is 8.32. The Labute approximate surface area is 174 Å². The van der Waals surface area contributed by atoms with Crippen molar-refractivity contribution in [3.63, 3.8) is 0 Å². The van der Waals surface area contributed by atoms with Gasteiger partial charge in [-0.1, -0.05) is 11.3 Å². The van der Waals surface area contributed by atoms with Crippen LogP contribution < -0.4 is 14.3 Å². The summed E-state index contributed by atoms with van der Waals surface area (Å²) in [6.45, 7) is 1.06. The van der Waals surface area contributed by atoms with Crippen LogP contribution in [0.4, 0.5) is 0 Å². The molecule has 150 valence electrons. The highest BCUT2D eigenvalue weighted by atomic mass is 32.1. The molecule has 4 aromatic rings. The fraction of sp³-hybridized carbons (Fsp3) is 0.250. The molecule has 0 aliphatic heterocycles. The summed E-state index contributed by atoms with van der Waals surface area (Å²) in [7, 11) is 4.84. The molecule has 2 aromatic carbocycles. The number of rotatable bonds is 6. The van der Waals surface area contributed by atoms with Gasteiger partial charge in [-0.05, 0) is 18.2 Å². The molecule has 0 spiro atoms. The zero-order chi connectivity index (χ0) is 20.4. The molecule has 0 bridgehead atoms. The number of hydrogen-bond acceptors (Lipinski definition) is 7.